The predicted molar refractivity (Wildman–Crippen MR) is 79.1 cm³/mol. The van der Waals surface area contributed by atoms with Gasteiger partial charge in [0.05, 0.1) is 50.8 Å². The van der Waals surface area contributed by atoms with Gasteiger partial charge in [0.25, 0.3) is 0 Å². The minimum absolute atomic E-state index is 0.138. The lowest BCUT2D eigenvalue weighted by molar-refractivity contribution is -0.279. The van der Waals surface area contributed by atoms with E-state index in [4.69, 9.17) is 14.2 Å². The Morgan fingerprint density at radius 2 is 1.19 bits per heavy atom. The third kappa shape index (κ3) is 2.99. The maximum absolute atomic E-state index is 10.2. The fourth-order valence-electron chi connectivity index (χ4n) is 3.57. The molecule has 0 aromatic heterocycles. The van der Waals surface area contributed by atoms with Crippen molar-refractivity contribution >= 4 is 0 Å². The summed E-state index contributed by atoms with van der Waals surface area (Å²) in [6, 6.07) is 0. The maximum atomic E-state index is 10.2. The molecule has 0 saturated carbocycles. The summed E-state index contributed by atoms with van der Waals surface area (Å²) in [6.45, 7) is 10.2. The monoisotopic (exact) mass is 302 g/mol. The van der Waals surface area contributed by atoms with Crippen molar-refractivity contribution in [3.63, 3.8) is 0 Å². The van der Waals surface area contributed by atoms with Crippen molar-refractivity contribution in [2.75, 3.05) is 26.4 Å². The van der Waals surface area contributed by atoms with Crippen LogP contribution in [0.3, 0.4) is 0 Å². The highest BCUT2D eigenvalue weighted by molar-refractivity contribution is 4.99. The minimum Gasteiger partial charge on any atom is -0.391 e. The van der Waals surface area contributed by atoms with Crippen LogP contribution in [0.1, 0.15) is 40.5 Å². The fraction of sp³-hybridized carbons (Fsp3) is 1.00. The molecule has 2 aliphatic heterocycles. The third-order valence-corrected chi connectivity index (χ3v) is 5.34. The van der Waals surface area contributed by atoms with Crippen molar-refractivity contribution in [2.24, 2.45) is 10.8 Å². The summed E-state index contributed by atoms with van der Waals surface area (Å²) in [7, 11) is 0. The first-order chi connectivity index (χ1) is 9.91. The molecule has 0 aliphatic carbocycles. The molecular weight excluding hydrogens is 272 g/mol. The van der Waals surface area contributed by atoms with Crippen LogP contribution in [0, 0.1) is 10.8 Å². The summed E-state index contributed by atoms with van der Waals surface area (Å²) >= 11 is 0. The van der Waals surface area contributed by atoms with Crippen LogP contribution < -0.4 is 0 Å². The van der Waals surface area contributed by atoms with Gasteiger partial charge in [0.2, 0.25) is 0 Å². The molecule has 124 valence electrons. The van der Waals surface area contributed by atoms with Crippen molar-refractivity contribution in [3.05, 3.63) is 0 Å². The topological polar surface area (TPSA) is 68.2 Å². The number of ether oxygens (including phenoxy) is 3. The lowest BCUT2D eigenvalue weighted by atomic mass is 9.73. The molecule has 0 amide bonds. The molecule has 4 unspecified atom stereocenters. The molecule has 2 heterocycles. The smallest absolute Gasteiger partial charge is 0.0936 e. The molecule has 2 aliphatic rings. The second-order valence-corrected chi connectivity index (χ2v) is 6.88. The molecule has 0 aromatic rings. The summed E-state index contributed by atoms with van der Waals surface area (Å²) in [6.07, 6.45) is -0.0372. The molecular formula is C16H30O5. The van der Waals surface area contributed by atoms with E-state index in [1.54, 1.807) is 13.8 Å². The zero-order chi connectivity index (χ0) is 15.7. The van der Waals surface area contributed by atoms with Gasteiger partial charge in [-0.05, 0) is 26.7 Å². The summed E-state index contributed by atoms with van der Waals surface area (Å²) in [5, 5.41) is 20.4. The molecule has 5 heteroatoms. The van der Waals surface area contributed by atoms with E-state index in [1.165, 1.54) is 0 Å². The van der Waals surface area contributed by atoms with E-state index in [9.17, 15) is 10.2 Å². The van der Waals surface area contributed by atoms with Gasteiger partial charge >= 0.3 is 0 Å². The SMILES string of the molecule is CCC1(C(OC(C(C)O)C2(CC)COC2)C(C)O)COC1. The van der Waals surface area contributed by atoms with Crippen LogP contribution in [0.15, 0.2) is 0 Å². The zero-order valence-corrected chi connectivity index (χ0v) is 13.7. The van der Waals surface area contributed by atoms with Crippen molar-refractivity contribution in [1.29, 1.82) is 0 Å². The van der Waals surface area contributed by atoms with E-state index in [2.05, 4.69) is 13.8 Å². The Balaban J connectivity index is 2.17. The molecule has 2 saturated heterocycles. The van der Waals surface area contributed by atoms with Crippen LogP contribution in [0.2, 0.25) is 0 Å². The Hall–Kier alpha value is -0.200. The molecule has 2 fully saturated rings. The second-order valence-electron chi connectivity index (χ2n) is 6.88. The highest BCUT2D eigenvalue weighted by Gasteiger charge is 2.53. The van der Waals surface area contributed by atoms with Crippen LogP contribution in [-0.2, 0) is 14.2 Å². The van der Waals surface area contributed by atoms with Crippen LogP contribution >= 0.6 is 0 Å². The molecule has 2 N–H and O–H groups in total. The summed E-state index contributed by atoms with van der Waals surface area (Å²) < 4.78 is 17.1. The summed E-state index contributed by atoms with van der Waals surface area (Å²) in [4.78, 5) is 0. The summed E-state index contributed by atoms with van der Waals surface area (Å²) in [5.74, 6) is 0. The number of rotatable bonds is 8. The standard InChI is InChI=1S/C16H30O5/c1-5-15(7-19-8-15)13(11(3)17)21-14(12(4)18)16(6-2)9-20-10-16/h11-14,17-18H,5-10H2,1-4H3. The van der Waals surface area contributed by atoms with E-state index < -0.39 is 12.2 Å². The zero-order valence-electron chi connectivity index (χ0n) is 13.7. The van der Waals surface area contributed by atoms with Gasteiger partial charge in [-0.2, -0.15) is 0 Å². The van der Waals surface area contributed by atoms with Crippen LogP contribution in [0.5, 0.6) is 0 Å². The minimum atomic E-state index is -0.593. The third-order valence-electron chi connectivity index (χ3n) is 5.34. The number of hydrogen-bond donors (Lipinski definition) is 2. The van der Waals surface area contributed by atoms with E-state index >= 15 is 0 Å². The first-order valence-electron chi connectivity index (χ1n) is 8.08. The molecule has 2 rings (SSSR count). The first-order valence-corrected chi connectivity index (χ1v) is 8.08. The molecule has 4 atom stereocenters. The Kier molecular flexibility index (Phi) is 5.31. The molecule has 5 nitrogen and oxygen atoms in total. The van der Waals surface area contributed by atoms with E-state index in [0.717, 1.165) is 12.8 Å². The van der Waals surface area contributed by atoms with E-state index in [-0.39, 0.29) is 23.0 Å². The van der Waals surface area contributed by atoms with Gasteiger partial charge in [0.15, 0.2) is 0 Å². The van der Waals surface area contributed by atoms with Gasteiger partial charge in [-0.25, -0.2) is 0 Å². The lowest BCUT2D eigenvalue weighted by Gasteiger charge is -2.53. The average Bonchev–Trinajstić information content (AvgIpc) is 2.33. The first kappa shape index (κ1) is 17.2. The molecule has 0 radical (unpaired) electrons. The maximum Gasteiger partial charge on any atom is 0.0936 e. The van der Waals surface area contributed by atoms with Gasteiger partial charge in [-0.1, -0.05) is 13.8 Å². The molecule has 0 aromatic carbocycles. The van der Waals surface area contributed by atoms with Crippen molar-refractivity contribution < 1.29 is 24.4 Å². The average molecular weight is 302 g/mol. The number of aliphatic hydroxyl groups excluding tert-OH is 2. The van der Waals surface area contributed by atoms with E-state index in [0.29, 0.717) is 26.4 Å². The van der Waals surface area contributed by atoms with Gasteiger partial charge in [-0.3, -0.25) is 0 Å². The Morgan fingerprint density at radius 3 is 1.33 bits per heavy atom. The predicted octanol–water partition coefficient (Wildman–Crippen LogP) is 1.35. The van der Waals surface area contributed by atoms with Gasteiger partial charge in [0.1, 0.15) is 0 Å². The van der Waals surface area contributed by atoms with E-state index in [1.807, 2.05) is 0 Å². The molecule has 0 spiro atoms. The molecule has 21 heavy (non-hydrogen) atoms. The normalized spacial score (nSPS) is 28.9. The van der Waals surface area contributed by atoms with Crippen LogP contribution in [0.4, 0.5) is 0 Å². The fourth-order valence-corrected chi connectivity index (χ4v) is 3.57. The van der Waals surface area contributed by atoms with Gasteiger partial charge in [0, 0.05) is 10.8 Å². The summed E-state index contributed by atoms with van der Waals surface area (Å²) in [5.41, 5.74) is -0.276. The number of hydrogen-bond acceptors (Lipinski definition) is 5. The van der Waals surface area contributed by atoms with Crippen molar-refractivity contribution in [2.45, 2.75) is 65.0 Å². The van der Waals surface area contributed by atoms with Crippen molar-refractivity contribution in [1.82, 2.24) is 0 Å². The quantitative estimate of drug-likeness (QED) is 0.708. The van der Waals surface area contributed by atoms with Crippen LogP contribution in [0.25, 0.3) is 0 Å². The second kappa shape index (κ2) is 6.50. The van der Waals surface area contributed by atoms with Crippen molar-refractivity contribution in [3.8, 4) is 0 Å². The lowest BCUT2D eigenvalue weighted by Crippen LogP contribution is -2.62. The highest BCUT2D eigenvalue weighted by Crippen LogP contribution is 2.44. The largest absolute Gasteiger partial charge is 0.391 e. The van der Waals surface area contributed by atoms with Gasteiger partial charge < -0.3 is 24.4 Å². The number of aliphatic hydroxyl groups is 2. The Bertz CT molecular complexity index is 291. The van der Waals surface area contributed by atoms with Gasteiger partial charge in [-0.15, -0.1) is 0 Å². The molecule has 0 bridgehead atoms. The van der Waals surface area contributed by atoms with Crippen LogP contribution in [-0.4, -0.2) is 61.1 Å². The highest BCUT2D eigenvalue weighted by atomic mass is 16.6. The Labute approximate surface area is 127 Å². The Morgan fingerprint density at radius 1 is 0.857 bits per heavy atom.